The Kier molecular flexibility index (Phi) is 1.46. The van der Waals surface area contributed by atoms with E-state index in [2.05, 4.69) is 4.98 Å². The standard InChI is InChI=1S/C11H12FN/c12-11-10-6-7-1-2-8(5-7)9(10)3-4-13-11/h3-4,7-8H,1-2,5-6H2. The van der Waals surface area contributed by atoms with Gasteiger partial charge in [-0.2, -0.15) is 4.39 Å². The number of aromatic nitrogens is 1. The second-order valence-corrected chi connectivity index (χ2v) is 4.25. The van der Waals surface area contributed by atoms with Crippen LogP contribution in [0, 0.1) is 11.9 Å². The first kappa shape index (κ1) is 7.48. The molecule has 0 N–H and O–H groups in total. The number of hydrogen-bond donors (Lipinski definition) is 0. The van der Waals surface area contributed by atoms with Crippen molar-refractivity contribution < 1.29 is 4.39 Å². The Hall–Kier alpha value is -0.920. The molecule has 0 aromatic carbocycles. The Balaban J connectivity index is 2.16. The summed E-state index contributed by atoms with van der Waals surface area (Å²) in [4.78, 5) is 3.72. The molecule has 1 nitrogen and oxygen atoms in total. The van der Waals surface area contributed by atoms with E-state index in [0.717, 1.165) is 17.9 Å². The number of hydrogen-bond acceptors (Lipinski definition) is 1. The predicted octanol–water partition coefficient (Wildman–Crippen LogP) is 2.66. The molecule has 0 spiro atoms. The maximum Gasteiger partial charge on any atom is 0.216 e. The van der Waals surface area contributed by atoms with Crippen molar-refractivity contribution in [2.75, 3.05) is 0 Å². The van der Waals surface area contributed by atoms with E-state index in [1.165, 1.54) is 24.8 Å². The molecule has 2 aliphatic carbocycles. The SMILES string of the molecule is Fc1nccc2c1CC1CCC2C1. The van der Waals surface area contributed by atoms with Crippen LogP contribution < -0.4 is 0 Å². The van der Waals surface area contributed by atoms with Crippen molar-refractivity contribution in [3.05, 3.63) is 29.3 Å². The molecule has 0 radical (unpaired) electrons. The van der Waals surface area contributed by atoms with Crippen LogP contribution in [0.5, 0.6) is 0 Å². The average molecular weight is 177 g/mol. The number of pyridine rings is 1. The van der Waals surface area contributed by atoms with Gasteiger partial charge in [-0.15, -0.1) is 0 Å². The summed E-state index contributed by atoms with van der Waals surface area (Å²) in [6.45, 7) is 0. The molecule has 1 saturated carbocycles. The zero-order valence-corrected chi connectivity index (χ0v) is 7.46. The summed E-state index contributed by atoms with van der Waals surface area (Å²) in [7, 11) is 0. The van der Waals surface area contributed by atoms with Gasteiger partial charge in [0, 0.05) is 11.8 Å². The second-order valence-electron chi connectivity index (χ2n) is 4.25. The molecule has 1 fully saturated rings. The molecule has 13 heavy (non-hydrogen) atoms. The number of halogens is 1. The lowest BCUT2D eigenvalue weighted by Gasteiger charge is -2.22. The summed E-state index contributed by atoms with van der Waals surface area (Å²) in [5.74, 6) is 1.14. The van der Waals surface area contributed by atoms with Crippen LogP contribution in [0.25, 0.3) is 0 Å². The van der Waals surface area contributed by atoms with Crippen molar-refractivity contribution in [3.63, 3.8) is 0 Å². The van der Waals surface area contributed by atoms with E-state index in [0.29, 0.717) is 5.92 Å². The fourth-order valence-corrected chi connectivity index (χ4v) is 2.90. The first-order chi connectivity index (χ1) is 6.34. The van der Waals surface area contributed by atoms with Gasteiger partial charge >= 0.3 is 0 Å². The minimum absolute atomic E-state index is 0.228. The van der Waals surface area contributed by atoms with Crippen molar-refractivity contribution >= 4 is 0 Å². The first-order valence-corrected chi connectivity index (χ1v) is 4.98. The van der Waals surface area contributed by atoms with E-state index in [1.807, 2.05) is 6.07 Å². The summed E-state index contributed by atoms with van der Waals surface area (Å²) >= 11 is 0. The molecule has 1 aromatic rings. The molecular weight excluding hydrogens is 165 g/mol. The van der Waals surface area contributed by atoms with E-state index in [4.69, 9.17) is 0 Å². The Morgan fingerprint density at radius 3 is 3.23 bits per heavy atom. The van der Waals surface area contributed by atoms with Gasteiger partial charge in [-0.3, -0.25) is 0 Å². The van der Waals surface area contributed by atoms with Gasteiger partial charge in [-0.1, -0.05) is 0 Å². The van der Waals surface area contributed by atoms with Crippen LogP contribution in [0.2, 0.25) is 0 Å². The quantitative estimate of drug-likeness (QED) is 0.555. The van der Waals surface area contributed by atoms with Crippen LogP contribution in [-0.2, 0) is 6.42 Å². The van der Waals surface area contributed by atoms with Crippen molar-refractivity contribution in [1.82, 2.24) is 4.98 Å². The Morgan fingerprint density at radius 2 is 2.31 bits per heavy atom. The topological polar surface area (TPSA) is 12.9 Å². The summed E-state index contributed by atoms with van der Waals surface area (Å²) in [5, 5.41) is 0. The van der Waals surface area contributed by atoms with Gasteiger partial charge in [0.25, 0.3) is 0 Å². The van der Waals surface area contributed by atoms with E-state index >= 15 is 0 Å². The van der Waals surface area contributed by atoms with Crippen molar-refractivity contribution in [2.45, 2.75) is 31.6 Å². The first-order valence-electron chi connectivity index (χ1n) is 4.98. The van der Waals surface area contributed by atoms with E-state index < -0.39 is 0 Å². The lowest BCUT2D eigenvalue weighted by Crippen LogP contribution is -2.13. The molecule has 3 rings (SSSR count). The molecule has 1 aromatic heterocycles. The van der Waals surface area contributed by atoms with E-state index in [9.17, 15) is 4.39 Å². The number of nitrogens with zero attached hydrogens (tertiary/aromatic N) is 1. The monoisotopic (exact) mass is 177 g/mol. The third kappa shape index (κ3) is 1.01. The lowest BCUT2D eigenvalue weighted by molar-refractivity contribution is 0.473. The second kappa shape index (κ2) is 2.53. The maximum absolute atomic E-state index is 13.3. The third-order valence-electron chi connectivity index (χ3n) is 3.51. The van der Waals surface area contributed by atoms with Crippen molar-refractivity contribution in [1.29, 1.82) is 0 Å². The molecular formula is C11H12FN. The molecule has 0 saturated heterocycles. The van der Waals surface area contributed by atoms with Crippen molar-refractivity contribution in [3.8, 4) is 0 Å². The Morgan fingerprint density at radius 1 is 1.38 bits per heavy atom. The fraction of sp³-hybridized carbons (Fsp3) is 0.545. The highest BCUT2D eigenvalue weighted by Crippen LogP contribution is 2.46. The minimum atomic E-state index is -0.228. The number of fused-ring (bicyclic) bond motifs is 4. The Labute approximate surface area is 77.0 Å². The zero-order chi connectivity index (χ0) is 8.84. The summed E-state index contributed by atoms with van der Waals surface area (Å²) in [6.07, 6.45) is 6.33. The van der Waals surface area contributed by atoms with Crippen LogP contribution in [0.3, 0.4) is 0 Å². The highest BCUT2D eigenvalue weighted by Gasteiger charge is 2.34. The highest BCUT2D eigenvalue weighted by molar-refractivity contribution is 5.32. The molecule has 2 unspecified atom stereocenters. The fourth-order valence-electron chi connectivity index (χ4n) is 2.90. The molecule has 2 atom stereocenters. The highest BCUT2D eigenvalue weighted by atomic mass is 19.1. The molecule has 2 aliphatic rings. The third-order valence-corrected chi connectivity index (χ3v) is 3.51. The van der Waals surface area contributed by atoms with Crippen LogP contribution in [0.1, 0.15) is 36.3 Å². The van der Waals surface area contributed by atoms with Gasteiger partial charge in [0.1, 0.15) is 0 Å². The summed E-state index contributed by atoms with van der Waals surface area (Å²) in [6, 6.07) is 2.00. The van der Waals surface area contributed by atoms with E-state index in [1.54, 1.807) is 6.20 Å². The molecule has 2 bridgehead atoms. The van der Waals surface area contributed by atoms with Crippen LogP contribution in [0.15, 0.2) is 12.3 Å². The van der Waals surface area contributed by atoms with Gasteiger partial charge in [0.15, 0.2) is 0 Å². The average Bonchev–Trinajstić information content (AvgIpc) is 2.51. The number of rotatable bonds is 0. The molecule has 1 heterocycles. The minimum Gasteiger partial charge on any atom is -0.228 e. The smallest absolute Gasteiger partial charge is 0.216 e. The summed E-state index contributed by atoms with van der Waals surface area (Å²) < 4.78 is 13.3. The predicted molar refractivity (Wildman–Crippen MR) is 48.0 cm³/mol. The van der Waals surface area contributed by atoms with Gasteiger partial charge in [0.05, 0.1) is 0 Å². The Bertz CT molecular complexity index is 348. The van der Waals surface area contributed by atoms with Crippen molar-refractivity contribution in [2.24, 2.45) is 5.92 Å². The van der Waals surface area contributed by atoms with Gasteiger partial charge in [0.2, 0.25) is 5.95 Å². The van der Waals surface area contributed by atoms with Gasteiger partial charge in [-0.05, 0) is 49.1 Å². The molecule has 68 valence electrons. The van der Waals surface area contributed by atoms with Gasteiger partial charge < -0.3 is 0 Å². The normalized spacial score (nSPS) is 30.2. The van der Waals surface area contributed by atoms with E-state index in [-0.39, 0.29) is 5.95 Å². The summed E-state index contributed by atoms with van der Waals surface area (Å²) in [5.41, 5.74) is 2.14. The molecule has 0 aliphatic heterocycles. The zero-order valence-electron chi connectivity index (χ0n) is 7.46. The van der Waals surface area contributed by atoms with Gasteiger partial charge in [-0.25, -0.2) is 4.98 Å². The van der Waals surface area contributed by atoms with Crippen LogP contribution >= 0.6 is 0 Å². The maximum atomic E-state index is 13.3. The molecule has 0 amide bonds. The van der Waals surface area contributed by atoms with Crippen LogP contribution in [0.4, 0.5) is 4.39 Å². The van der Waals surface area contributed by atoms with Crippen LogP contribution in [-0.4, -0.2) is 4.98 Å². The lowest BCUT2D eigenvalue weighted by atomic mass is 9.84. The molecule has 2 heteroatoms. The largest absolute Gasteiger partial charge is 0.228 e.